The molecule has 0 unspecified atom stereocenters. The number of benzene rings is 1. The lowest BCUT2D eigenvalue weighted by molar-refractivity contribution is -0.445. The Morgan fingerprint density at radius 1 is 1.29 bits per heavy atom. The zero-order chi connectivity index (χ0) is 17.5. The topological polar surface area (TPSA) is 69.7 Å². The largest absolute Gasteiger partial charge is 0.625 e. The highest BCUT2D eigenvalue weighted by Crippen LogP contribution is 2.31. The van der Waals surface area contributed by atoms with Crippen LogP contribution in [0.15, 0.2) is 53.2 Å². The Bertz CT molecular complexity index is 864. The molecule has 1 aromatic carbocycles. The van der Waals surface area contributed by atoms with Crippen LogP contribution in [-0.4, -0.2) is 33.6 Å². The lowest BCUT2D eigenvalue weighted by Gasteiger charge is -2.20. The molecule has 0 radical (unpaired) electrons. The van der Waals surface area contributed by atoms with Crippen LogP contribution in [0, 0.1) is 5.92 Å². The van der Waals surface area contributed by atoms with E-state index in [0.29, 0.717) is 10.3 Å². The van der Waals surface area contributed by atoms with Gasteiger partial charge in [0.15, 0.2) is 5.78 Å². The first kappa shape index (κ1) is 15.9. The zero-order valence-electron chi connectivity index (χ0n) is 12.0. The number of carbonyl (C=O) groups is 2. The third kappa shape index (κ3) is 2.78. The van der Waals surface area contributed by atoms with Crippen molar-refractivity contribution in [3.63, 3.8) is 0 Å². The fourth-order valence-corrected chi connectivity index (χ4v) is 2.54. The first-order valence-corrected chi connectivity index (χ1v) is 6.82. The van der Waals surface area contributed by atoms with Crippen LogP contribution in [0.1, 0.15) is 11.1 Å². The average molecular weight is 335 g/mol. The number of ketones is 1. The van der Waals surface area contributed by atoms with Crippen LogP contribution in [0.2, 0.25) is 0 Å². The molecule has 8 heteroatoms. The van der Waals surface area contributed by atoms with Gasteiger partial charge in [0, 0.05) is 20.9 Å². The second kappa shape index (κ2) is 5.55. The molecule has 122 valence electrons. The minimum atomic E-state index is -4.56. The second-order valence-corrected chi connectivity index (χ2v) is 5.18. The highest BCUT2D eigenvalue weighted by Gasteiger charge is 2.39. The standard InChI is InChI=1S/C16H9F3N2O3/c17-16(18,19)11-5-1-3-9(7-11)14-13-10(4-2-6-12(13)22)8-21(20-14)15(23)24/h1-8,13H/p+1/t13-/m1/s1. The molecule has 0 aromatic heterocycles. The minimum Gasteiger partial charge on any atom is -0.425 e. The Kier molecular flexibility index (Phi) is 3.67. The first-order valence-electron chi connectivity index (χ1n) is 6.82. The summed E-state index contributed by atoms with van der Waals surface area (Å²) in [6.45, 7) is 0. The minimum absolute atomic E-state index is 0.0356. The molecule has 1 heterocycles. The molecule has 0 bridgehead atoms. The summed E-state index contributed by atoms with van der Waals surface area (Å²) in [4.78, 5) is 23.3. The van der Waals surface area contributed by atoms with Crippen molar-refractivity contribution in [1.29, 1.82) is 0 Å². The SMILES string of the molecule is O=C1C=CC=C2C=[N+](C(=O)O)N=C(c3cccc(C(F)(F)F)c3)[C@@H]12. The highest BCUT2D eigenvalue weighted by molar-refractivity contribution is 6.22. The van der Waals surface area contributed by atoms with Gasteiger partial charge in [-0.15, -0.1) is 0 Å². The van der Waals surface area contributed by atoms with E-state index in [1.165, 1.54) is 36.6 Å². The molecule has 0 fully saturated rings. The summed E-state index contributed by atoms with van der Waals surface area (Å²) in [5, 5.41) is 13.0. The summed E-state index contributed by atoms with van der Waals surface area (Å²) in [6.07, 6.45) is -0.517. The van der Waals surface area contributed by atoms with Crippen molar-refractivity contribution in [2.75, 3.05) is 0 Å². The molecule has 1 amide bonds. The van der Waals surface area contributed by atoms with Gasteiger partial charge in [0.1, 0.15) is 11.6 Å². The zero-order valence-corrected chi connectivity index (χ0v) is 12.0. The van der Waals surface area contributed by atoms with Gasteiger partial charge in [-0.05, 0) is 18.2 Å². The summed E-state index contributed by atoms with van der Waals surface area (Å²) in [7, 11) is 0. The average Bonchev–Trinajstić information content (AvgIpc) is 2.53. The maximum absolute atomic E-state index is 12.9. The Labute approximate surface area is 133 Å². The monoisotopic (exact) mass is 335 g/mol. The van der Waals surface area contributed by atoms with Crippen molar-refractivity contribution in [2.24, 2.45) is 11.0 Å². The van der Waals surface area contributed by atoms with Crippen LogP contribution in [0.4, 0.5) is 18.0 Å². The molecule has 2 aliphatic rings. The molecule has 1 aliphatic carbocycles. The highest BCUT2D eigenvalue weighted by atomic mass is 19.4. The van der Waals surface area contributed by atoms with E-state index in [1.54, 1.807) is 0 Å². The van der Waals surface area contributed by atoms with Gasteiger partial charge in [-0.25, -0.2) is 0 Å². The van der Waals surface area contributed by atoms with E-state index in [2.05, 4.69) is 5.10 Å². The van der Waals surface area contributed by atoms with Gasteiger partial charge in [0.25, 0.3) is 0 Å². The van der Waals surface area contributed by atoms with Crippen molar-refractivity contribution < 1.29 is 32.6 Å². The third-order valence-corrected chi connectivity index (χ3v) is 3.61. The van der Waals surface area contributed by atoms with Crippen LogP contribution in [-0.2, 0) is 11.0 Å². The van der Waals surface area contributed by atoms with Gasteiger partial charge in [0.2, 0.25) is 6.21 Å². The number of halogens is 3. The number of hydrogen-bond donors (Lipinski definition) is 1. The number of allylic oxidation sites excluding steroid dienone is 4. The lowest BCUT2D eigenvalue weighted by Crippen LogP contribution is -2.35. The van der Waals surface area contributed by atoms with Gasteiger partial charge in [-0.2, -0.15) is 18.0 Å². The number of amides is 1. The van der Waals surface area contributed by atoms with Crippen molar-refractivity contribution in [3.05, 3.63) is 59.2 Å². The summed E-state index contributed by atoms with van der Waals surface area (Å²) in [5.74, 6) is -1.29. The van der Waals surface area contributed by atoms with E-state index in [4.69, 9.17) is 5.11 Å². The van der Waals surface area contributed by atoms with E-state index < -0.39 is 23.8 Å². The second-order valence-electron chi connectivity index (χ2n) is 5.18. The maximum atomic E-state index is 12.9. The molecule has 5 nitrogen and oxygen atoms in total. The van der Waals surface area contributed by atoms with Crippen LogP contribution in [0.5, 0.6) is 0 Å². The Balaban J connectivity index is 2.16. The van der Waals surface area contributed by atoms with Crippen molar-refractivity contribution in [1.82, 2.24) is 0 Å². The number of hydrogen-bond acceptors (Lipinski definition) is 3. The number of alkyl halides is 3. The molecule has 0 saturated heterocycles. The third-order valence-electron chi connectivity index (χ3n) is 3.61. The van der Waals surface area contributed by atoms with Gasteiger partial charge < -0.3 is 5.11 Å². The lowest BCUT2D eigenvalue weighted by atomic mass is 9.83. The molecule has 24 heavy (non-hydrogen) atoms. The predicted octanol–water partition coefficient (Wildman–Crippen LogP) is 2.87. The summed E-state index contributed by atoms with van der Waals surface area (Å²) >= 11 is 0. The summed E-state index contributed by atoms with van der Waals surface area (Å²) in [5.41, 5.74) is -0.536. The normalized spacial score (nSPS) is 20.0. The van der Waals surface area contributed by atoms with Crippen molar-refractivity contribution in [2.45, 2.75) is 6.18 Å². The maximum Gasteiger partial charge on any atom is 0.625 e. The van der Waals surface area contributed by atoms with Gasteiger partial charge >= 0.3 is 12.3 Å². The fraction of sp³-hybridized carbons (Fsp3) is 0.125. The molecule has 1 aromatic rings. The van der Waals surface area contributed by atoms with Crippen LogP contribution >= 0.6 is 0 Å². The summed E-state index contributed by atoms with van der Waals surface area (Å²) < 4.78 is 39.3. The predicted molar refractivity (Wildman–Crippen MR) is 78.1 cm³/mol. The smallest absolute Gasteiger partial charge is 0.425 e. The quantitative estimate of drug-likeness (QED) is 0.802. The molecule has 3 rings (SSSR count). The van der Waals surface area contributed by atoms with Gasteiger partial charge in [-0.3, -0.25) is 4.79 Å². The molecule has 1 atom stereocenters. The van der Waals surface area contributed by atoms with Gasteiger partial charge in [-0.1, -0.05) is 24.3 Å². The number of hydrazone groups is 1. The number of fused-ring (bicyclic) bond motifs is 1. The molecule has 0 spiro atoms. The van der Waals surface area contributed by atoms with E-state index in [0.717, 1.165) is 12.1 Å². The molecule has 1 N–H and O–H groups in total. The Hall–Kier alpha value is -3.03. The van der Waals surface area contributed by atoms with E-state index in [-0.39, 0.29) is 17.1 Å². The van der Waals surface area contributed by atoms with Crippen LogP contribution in [0.3, 0.4) is 0 Å². The Morgan fingerprint density at radius 3 is 2.71 bits per heavy atom. The van der Waals surface area contributed by atoms with E-state index in [9.17, 15) is 22.8 Å². The molecule has 1 aliphatic heterocycles. The molecule has 0 saturated carbocycles. The van der Waals surface area contributed by atoms with Gasteiger partial charge in [0.05, 0.1) is 5.56 Å². The first-order chi connectivity index (χ1) is 11.3. The molecular weight excluding hydrogens is 325 g/mol. The van der Waals surface area contributed by atoms with Crippen molar-refractivity contribution in [3.8, 4) is 0 Å². The molecular formula is C16H10F3N2O3+. The summed E-state index contributed by atoms with van der Waals surface area (Å²) in [6, 6.07) is 4.31. The van der Waals surface area contributed by atoms with Crippen LogP contribution < -0.4 is 0 Å². The number of nitrogens with zero attached hydrogens (tertiary/aromatic N) is 2. The van der Waals surface area contributed by atoms with E-state index >= 15 is 0 Å². The van der Waals surface area contributed by atoms with Crippen LogP contribution in [0.25, 0.3) is 0 Å². The van der Waals surface area contributed by atoms with Crippen molar-refractivity contribution >= 4 is 23.8 Å². The Morgan fingerprint density at radius 2 is 2.04 bits per heavy atom. The number of carbonyl (C=O) groups excluding carboxylic acids is 1. The number of rotatable bonds is 1. The number of carboxylic acid groups (broad SMARTS) is 1. The van der Waals surface area contributed by atoms with E-state index in [1.807, 2.05) is 0 Å². The fourth-order valence-electron chi connectivity index (χ4n) is 2.54.